The molecule has 0 aliphatic heterocycles. The molecule has 0 bridgehead atoms. The third kappa shape index (κ3) is 3.44. The van der Waals surface area contributed by atoms with Crippen LogP contribution in [0.1, 0.15) is 11.7 Å². The lowest BCUT2D eigenvalue weighted by Gasteiger charge is -2.19. The summed E-state index contributed by atoms with van der Waals surface area (Å²) in [6, 6.07) is 9.50. The van der Waals surface area contributed by atoms with Crippen LogP contribution in [0.2, 0.25) is 10.0 Å². The molecule has 0 saturated heterocycles. The third-order valence-corrected chi connectivity index (χ3v) is 4.20. The minimum Gasteiger partial charge on any atom is -0.483 e. The van der Waals surface area contributed by atoms with Gasteiger partial charge in [-0.25, -0.2) is 4.39 Å². The van der Waals surface area contributed by atoms with Gasteiger partial charge in [0.05, 0.1) is 10.0 Å². The van der Waals surface area contributed by atoms with Crippen LogP contribution in [0.25, 0.3) is 0 Å². The van der Waals surface area contributed by atoms with E-state index >= 15 is 0 Å². The van der Waals surface area contributed by atoms with Crippen molar-refractivity contribution in [1.82, 2.24) is 0 Å². The molecular formula is C14H11BrCl2FNO. The smallest absolute Gasteiger partial charge is 0.140 e. The average molecular weight is 379 g/mol. The maximum atomic E-state index is 13.8. The molecule has 0 aliphatic carbocycles. The Balaban J connectivity index is 2.32. The van der Waals surface area contributed by atoms with Gasteiger partial charge in [0.2, 0.25) is 0 Å². The summed E-state index contributed by atoms with van der Waals surface area (Å²) in [4.78, 5) is 0. The van der Waals surface area contributed by atoms with Gasteiger partial charge in [0.25, 0.3) is 0 Å². The first-order valence-electron chi connectivity index (χ1n) is 5.78. The molecule has 2 N–H and O–H groups in total. The fourth-order valence-electron chi connectivity index (χ4n) is 1.72. The largest absolute Gasteiger partial charge is 0.483 e. The summed E-state index contributed by atoms with van der Waals surface area (Å²) in [7, 11) is 0. The van der Waals surface area contributed by atoms with E-state index in [0.29, 0.717) is 25.8 Å². The summed E-state index contributed by atoms with van der Waals surface area (Å²) in [5.74, 6) is -0.0131. The molecule has 2 aromatic rings. The van der Waals surface area contributed by atoms with Crippen molar-refractivity contribution in [2.45, 2.75) is 6.10 Å². The van der Waals surface area contributed by atoms with Gasteiger partial charge in [-0.2, -0.15) is 0 Å². The lowest BCUT2D eigenvalue weighted by atomic mass is 10.1. The molecule has 0 saturated carbocycles. The van der Waals surface area contributed by atoms with Gasteiger partial charge in [-0.1, -0.05) is 41.4 Å². The highest BCUT2D eigenvalue weighted by atomic mass is 79.9. The second kappa shape index (κ2) is 6.76. The highest BCUT2D eigenvalue weighted by Crippen LogP contribution is 2.36. The van der Waals surface area contributed by atoms with Crippen molar-refractivity contribution in [3.8, 4) is 5.75 Å². The van der Waals surface area contributed by atoms with E-state index in [-0.39, 0.29) is 12.4 Å². The number of nitrogens with two attached hydrogens (primary N) is 1. The second-order valence-electron chi connectivity index (χ2n) is 4.06. The van der Waals surface area contributed by atoms with E-state index in [2.05, 4.69) is 15.9 Å². The molecule has 0 spiro atoms. The van der Waals surface area contributed by atoms with Gasteiger partial charge in [-0.05, 0) is 28.1 Å². The van der Waals surface area contributed by atoms with Crippen LogP contribution >= 0.6 is 39.1 Å². The molecule has 1 atom stereocenters. The van der Waals surface area contributed by atoms with E-state index in [0.717, 1.165) is 0 Å². The van der Waals surface area contributed by atoms with Crippen LogP contribution in [0, 0.1) is 5.82 Å². The van der Waals surface area contributed by atoms with Crippen molar-refractivity contribution in [2.75, 3.05) is 6.54 Å². The Labute approximate surface area is 134 Å². The minimum absolute atomic E-state index is 0.116. The molecule has 2 rings (SSSR count). The van der Waals surface area contributed by atoms with E-state index in [1.807, 2.05) is 0 Å². The van der Waals surface area contributed by atoms with Crippen LogP contribution in [0.5, 0.6) is 5.75 Å². The summed E-state index contributed by atoms with van der Waals surface area (Å²) in [6.45, 7) is 0.116. The molecule has 0 amide bonds. The van der Waals surface area contributed by atoms with Crippen molar-refractivity contribution in [1.29, 1.82) is 0 Å². The Hall–Kier alpha value is -0.810. The summed E-state index contributed by atoms with van der Waals surface area (Å²) in [5, 5.41) is 0.824. The van der Waals surface area contributed by atoms with Crippen LogP contribution in [0.3, 0.4) is 0 Å². The Bertz CT molecular complexity index is 624. The fraction of sp³-hybridized carbons (Fsp3) is 0.143. The third-order valence-electron chi connectivity index (χ3n) is 2.71. The van der Waals surface area contributed by atoms with E-state index in [1.54, 1.807) is 30.3 Å². The lowest BCUT2D eigenvalue weighted by molar-refractivity contribution is 0.209. The first kappa shape index (κ1) is 15.6. The summed E-state index contributed by atoms with van der Waals surface area (Å²) < 4.78 is 20.1. The lowest BCUT2D eigenvalue weighted by Crippen LogP contribution is -2.19. The van der Waals surface area contributed by atoms with Gasteiger partial charge >= 0.3 is 0 Å². The molecule has 0 heterocycles. The summed E-state index contributed by atoms with van der Waals surface area (Å²) in [5.41, 5.74) is 6.04. The number of hydrogen-bond acceptors (Lipinski definition) is 2. The van der Waals surface area contributed by atoms with E-state index in [1.165, 1.54) is 6.07 Å². The Morgan fingerprint density at radius 2 is 1.90 bits per heavy atom. The highest BCUT2D eigenvalue weighted by Gasteiger charge is 2.18. The maximum absolute atomic E-state index is 13.8. The summed E-state index contributed by atoms with van der Waals surface area (Å²) >= 11 is 15.3. The molecule has 0 fully saturated rings. The SMILES string of the molecule is NCC(Oc1cc(Cl)c(Br)cc1Cl)c1ccccc1F. The van der Waals surface area contributed by atoms with E-state index < -0.39 is 6.10 Å². The van der Waals surface area contributed by atoms with Gasteiger partial charge in [0.15, 0.2) is 0 Å². The molecule has 2 aromatic carbocycles. The Kier molecular flexibility index (Phi) is 5.27. The molecule has 0 radical (unpaired) electrons. The standard InChI is InChI=1S/C14H11BrCl2FNO/c15-9-5-11(17)13(6-10(9)16)20-14(7-19)8-3-1-2-4-12(8)18/h1-6,14H,7,19H2. The van der Waals surface area contributed by atoms with Gasteiger partial charge in [-0.3, -0.25) is 0 Å². The van der Waals surface area contributed by atoms with Gasteiger partial charge in [-0.15, -0.1) is 0 Å². The average Bonchev–Trinajstić information content (AvgIpc) is 2.42. The minimum atomic E-state index is -0.633. The summed E-state index contributed by atoms with van der Waals surface area (Å²) in [6.07, 6.45) is -0.633. The quantitative estimate of drug-likeness (QED) is 0.762. The van der Waals surface area contributed by atoms with Crippen molar-refractivity contribution >= 4 is 39.1 Å². The normalized spacial score (nSPS) is 12.2. The van der Waals surface area contributed by atoms with Gasteiger partial charge in [0.1, 0.15) is 17.7 Å². The predicted molar refractivity (Wildman–Crippen MR) is 83.0 cm³/mol. The molecule has 0 aliphatic rings. The number of benzene rings is 2. The molecule has 106 valence electrons. The topological polar surface area (TPSA) is 35.2 Å². The number of rotatable bonds is 4. The van der Waals surface area contributed by atoms with Crippen LogP contribution in [-0.4, -0.2) is 6.54 Å². The zero-order valence-electron chi connectivity index (χ0n) is 10.2. The highest BCUT2D eigenvalue weighted by molar-refractivity contribution is 9.10. The van der Waals surface area contributed by atoms with Crippen molar-refractivity contribution in [2.24, 2.45) is 5.73 Å². The monoisotopic (exact) mass is 377 g/mol. The zero-order chi connectivity index (χ0) is 14.7. The zero-order valence-corrected chi connectivity index (χ0v) is 13.3. The first-order valence-corrected chi connectivity index (χ1v) is 7.33. The molecule has 0 aromatic heterocycles. The fourth-order valence-corrected chi connectivity index (χ4v) is 2.56. The van der Waals surface area contributed by atoms with Crippen LogP contribution < -0.4 is 10.5 Å². The Morgan fingerprint density at radius 1 is 1.20 bits per heavy atom. The Morgan fingerprint density at radius 3 is 2.55 bits per heavy atom. The number of ether oxygens (including phenoxy) is 1. The van der Waals surface area contributed by atoms with Gasteiger partial charge < -0.3 is 10.5 Å². The molecule has 6 heteroatoms. The molecule has 20 heavy (non-hydrogen) atoms. The molecule has 2 nitrogen and oxygen atoms in total. The molecular weight excluding hydrogens is 368 g/mol. The van der Waals surface area contributed by atoms with Crippen LogP contribution in [-0.2, 0) is 0 Å². The number of hydrogen-bond donors (Lipinski definition) is 1. The van der Waals surface area contributed by atoms with Crippen molar-refractivity contribution in [3.63, 3.8) is 0 Å². The van der Waals surface area contributed by atoms with Gasteiger partial charge in [0, 0.05) is 22.6 Å². The van der Waals surface area contributed by atoms with E-state index in [4.69, 9.17) is 33.7 Å². The van der Waals surface area contributed by atoms with Crippen molar-refractivity contribution in [3.05, 3.63) is 62.3 Å². The first-order chi connectivity index (χ1) is 9.52. The van der Waals surface area contributed by atoms with E-state index in [9.17, 15) is 4.39 Å². The maximum Gasteiger partial charge on any atom is 0.140 e. The molecule has 1 unspecified atom stereocenters. The van der Waals surface area contributed by atoms with Crippen LogP contribution in [0.15, 0.2) is 40.9 Å². The predicted octanol–water partition coefficient (Wildman–Crippen LogP) is 4.97. The number of halogens is 4. The van der Waals surface area contributed by atoms with Crippen molar-refractivity contribution < 1.29 is 9.13 Å². The van der Waals surface area contributed by atoms with Crippen LogP contribution in [0.4, 0.5) is 4.39 Å². The second-order valence-corrected chi connectivity index (χ2v) is 5.73.